The summed E-state index contributed by atoms with van der Waals surface area (Å²) in [5.74, 6) is -0.0518. The summed E-state index contributed by atoms with van der Waals surface area (Å²) in [6.45, 7) is 0.819. The highest BCUT2D eigenvalue weighted by atomic mass is 16.2. The Morgan fingerprint density at radius 2 is 2.05 bits per heavy atom. The molecule has 6 nitrogen and oxygen atoms in total. The molecule has 0 spiro atoms. The second-order valence-corrected chi connectivity index (χ2v) is 5.52. The van der Waals surface area contributed by atoms with Crippen molar-refractivity contribution in [2.75, 3.05) is 23.8 Å². The minimum absolute atomic E-state index is 0.124. The van der Waals surface area contributed by atoms with Gasteiger partial charge in [0.2, 0.25) is 5.91 Å². The van der Waals surface area contributed by atoms with E-state index in [-0.39, 0.29) is 17.5 Å². The predicted octanol–water partition coefficient (Wildman–Crippen LogP) is 1.34. The van der Waals surface area contributed by atoms with E-state index in [9.17, 15) is 9.59 Å². The molecule has 1 atom stereocenters. The molecule has 2 aromatic rings. The van der Waals surface area contributed by atoms with Crippen molar-refractivity contribution in [3.8, 4) is 0 Å². The number of para-hydroxylation sites is 1. The molecule has 0 saturated carbocycles. The van der Waals surface area contributed by atoms with E-state index >= 15 is 0 Å². The fourth-order valence-corrected chi connectivity index (χ4v) is 2.75. The van der Waals surface area contributed by atoms with Gasteiger partial charge in [-0.1, -0.05) is 18.2 Å². The Hall–Kier alpha value is -2.63. The molecule has 114 valence electrons. The number of hydrogen-bond acceptors (Lipinski definition) is 4. The molecule has 1 aliphatic rings. The van der Waals surface area contributed by atoms with Gasteiger partial charge in [0.25, 0.3) is 0 Å². The van der Waals surface area contributed by atoms with Crippen LogP contribution in [-0.4, -0.2) is 29.1 Å². The lowest BCUT2D eigenvalue weighted by Gasteiger charge is -2.32. The van der Waals surface area contributed by atoms with Crippen LogP contribution in [0.2, 0.25) is 0 Å². The molecule has 3 rings (SSSR count). The van der Waals surface area contributed by atoms with E-state index in [0.29, 0.717) is 5.82 Å². The molecule has 1 aliphatic heterocycles. The first-order valence-electron chi connectivity index (χ1n) is 7.21. The van der Waals surface area contributed by atoms with Gasteiger partial charge in [0.05, 0.1) is 5.92 Å². The first kappa shape index (κ1) is 14.3. The van der Waals surface area contributed by atoms with Crippen LogP contribution in [0.5, 0.6) is 0 Å². The highest BCUT2D eigenvalue weighted by molar-refractivity contribution is 5.96. The molecule has 1 aromatic carbocycles. The Labute approximate surface area is 128 Å². The number of amides is 1. The molecule has 0 radical (unpaired) electrons. The Morgan fingerprint density at radius 1 is 1.27 bits per heavy atom. The first-order chi connectivity index (χ1) is 10.6. The van der Waals surface area contributed by atoms with Crippen LogP contribution in [0.15, 0.2) is 41.3 Å². The first-order valence-corrected chi connectivity index (χ1v) is 7.21. The number of carbonyl (C=O) groups is 1. The number of nitrogens with zero attached hydrogens (tertiary/aromatic N) is 3. The van der Waals surface area contributed by atoms with Crippen molar-refractivity contribution in [2.45, 2.75) is 12.3 Å². The molecule has 1 N–H and O–H groups in total. The Bertz CT molecular complexity index is 769. The monoisotopic (exact) mass is 298 g/mol. The molecule has 22 heavy (non-hydrogen) atoms. The standard InChI is InChI=1S/C16H18N4O2/c1-19-9-7-12(11-5-3-4-6-13(11)19)15(21)17-14-8-10-20(2)16(22)18-14/h3-6,8,10,12H,7,9H2,1-2H3,(H,17,18,21,22). The maximum atomic E-state index is 12.6. The van der Waals surface area contributed by atoms with Crippen LogP contribution in [0.3, 0.4) is 0 Å². The number of anilines is 2. The van der Waals surface area contributed by atoms with E-state index < -0.39 is 0 Å². The molecule has 0 bridgehead atoms. The van der Waals surface area contributed by atoms with Gasteiger partial charge in [-0.15, -0.1) is 0 Å². The van der Waals surface area contributed by atoms with Gasteiger partial charge >= 0.3 is 5.69 Å². The van der Waals surface area contributed by atoms with Crippen molar-refractivity contribution >= 4 is 17.4 Å². The SMILES string of the molecule is CN1CCC(C(=O)Nc2ccn(C)c(=O)n2)c2ccccc21. The van der Waals surface area contributed by atoms with Crippen molar-refractivity contribution in [3.63, 3.8) is 0 Å². The zero-order valence-corrected chi connectivity index (χ0v) is 12.6. The van der Waals surface area contributed by atoms with Gasteiger partial charge in [-0.25, -0.2) is 4.79 Å². The van der Waals surface area contributed by atoms with Crippen LogP contribution in [0.1, 0.15) is 17.9 Å². The zero-order chi connectivity index (χ0) is 15.7. The number of fused-ring (bicyclic) bond motifs is 1. The van der Waals surface area contributed by atoms with E-state index in [2.05, 4.69) is 15.2 Å². The van der Waals surface area contributed by atoms with Crippen molar-refractivity contribution in [1.82, 2.24) is 9.55 Å². The van der Waals surface area contributed by atoms with Gasteiger partial charge in [-0.2, -0.15) is 4.98 Å². The molecule has 2 heterocycles. The molecule has 0 fully saturated rings. The minimum Gasteiger partial charge on any atom is -0.374 e. The van der Waals surface area contributed by atoms with Gasteiger partial charge < -0.3 is 14.8 Å². The minimum atomic E-state index is -0.387. The van der Waals surface area contributed by atoms with Crippen LogP contribution in [-0.2, 0) is 11.8 Å². The third-order valence-corrected chi connectivity index (χ3v) is 4.02. The number of nitrogens with one attached hydrogen (secondary N) is 1. The molecule has 6 heteroatoms. The van der Waals surface area contributed by atoms with Gasteiger partial charge in [-0.3, -0.25) is 4.79 Å². The van der Waals surface area contributed by atoms with Crippen LogP contribution in [0.4, 0.5) is 11.5 Å². The molecular formula is C16H18N4O2. The van der Waals surface area contributed by atoms with Crippen molar-refractivity contribution in [3.05, 3.63) is 52.6 Å². The Balaban J connectivity index is 1.85. The second-order valence-electron chi connectivity index (χ2n) is 5.52. The van der Waals surface area contributed by atoms with Gasteiger partial charge in [-0.05, 0) is 24.1 Å². The average Bonchev–Trinajstić information content (AvgIpc) is 2.51. The maximum absolute atomic E-state index is 12.6. The molecule has 1 unspecified atom stereocenters. The van der Waals surface area contributed by atoms with E-state index in [0.717, 1.165) is 24.2 Å². The lowest BCUT2D eigenvalue weighted by atomic mass is 9.89. The third-order valence-electron chi connectivity index (χ3n) is 4.02. The highest BCUT2D eigenvalue weighted by Crippen LogP contribution is 2.34. The van der Waals surface area contributed by atoms with E-state index in [1.54, 1.807) is 19.3 Å². The lowest BCUT2D eigenvalue weighted by Crippen LogP contribution is -2.33. The number of aryl methyl sites for hydroxylation is 1. The fraction of sp³-hybridized carbons (Fsp3) is 0.312. The summed E-state index contributed by atoms with van der Waals surface area (Å²) >= 11 is 0. The smallest absolute Gasteiger partial charge is 0.349 e. The van der Waals surface area contributed by atoms with Crippen LogP contribution < -0.4 is 15.9 Å². The average molecular weight is 298 g/mol. The fourth-order valence-electron chi connectivity index (χ4n) is 2.75. The Kier molecular flexibility index (Phi) is 3.66. The number of aromatic nitrogens is 2. The number of carbonyl (C=O) groups excluding carboxylic acids is 1. The predicted molar refractivity (Wildman–Crippen MR) is 85.2 cm³/mol. The number of hydrogen-bond donors (Lipinski definition) is 1. The van der Waals surface area contributed by atoms with Gasteiger partial charge in [0.15, 0.2) is 0 Å². The van der Waals surface area contributed by atoms with E-state index in [1.807, 2.05) is 31.3 Å². The normalized spacial score (nSPS) is 17.0. The summed E-state index contributed by atoms with van der Waals surface area (Å²) in [6.07, 6.45) is 2.33. The topological polar surface area (TPSA) is 67.2 Å². The maximum Gasteiger partial charge on any atom is 0.349 e. The van der Waals surface area contributed by atoms with Gasteiger partial charge in [0, 0.05) is 32.5 Å². The van der Waals surface area contributed by atoms with Crippen molar-refractivity contribution in [1.29, 1.82) is 0 Å². The van der Waals surface area contributed by atoms with Gasteiger partial charge in [0.1, 0.15) is 5.82 Å². The number of rotatable bonds is 2. The molecule has 0 saturated heterocycles. The van der Waals surface area contributed by atoms with Crippen LogP contribution in [0, 0.1) is 0 Å². The van der Waals surface area contributed by atoms with Crippen molar-refractivity contribution in [2.24, 2.45) is 7.05 Å². The quantitative estimate of drug-likeness (QED) is 0.908. The molecular weight excluding hydrogens is 280 g/mol. The molecule has 1 aromatic heterocycles. The number of benzene rings is 1. The van der Waals surface area contributed by atoms with E-state index in [1.165, 1.54) is 4.57 Å². The summed E-state index contributed by atoms with van der Waals surface area (Å²) in [5.41, 5.74) is 1.70. The van der Waals surface area contributed by atoms with Crippen LogP contribution in [0.25, 0.3) is 0 Å². The zero-order valence-electron chi connectivity index (χ0n) is 12.6. The summed E-state index contributed by atoms with van der Waals surface area (Å²) in [4.78, 5) is 30.1. The molecule has 1 amide bonds. The summed E-state index contributed by atoms with van der Waals surface area (Å²) in [7, 11) is 3.64. The van der Waals surface area contributed by atoms with Crippen LogP contribution >= 0.6 is 0 Å². The third kappa shape index (κ3) is 2.59. The largest absolute Gasteiger partial charge is 0.374 e. The second kappa shape index (κ2) is 5.63. The summed E-state index contributed by atoms with van der Waals surface area (Å²) in [5, 5.41) is 2.75. The Morgan fingerprint density at radius 3 is 2.82 bits per heavy atom. The lowest BCUT2D eigenvalue weighted by molar-refractivity contribution is -0.117. The highest BCUT2D eigenvalue weighted by Gasteiger charge is 2.28. The molecule has 0 aliphatic carbocycles. The van der Waals surface area contributed by atoms with E-state index in [4.69, 9.17) is 0 Å². The summed E-state index contributed by atoms with van der Waals surface area (Å²) < 4.78 is 1.36. The summed E-state index contributed by atoms with van der Waals surface area (Å²) in [6, 6.07) is 9.53. The van der Waals surface area contributed by atoms with Crippen molar-refractivity contribution < 1.29 is 4.79 Å².